The molecule has 1 heterocycles. The Morgan fingerprint density at radius 1 is 1.46 bits per heavy atom. The molecule has 0 radical (unpaired) electrons. The van der Waals surface area contributed by atoms with Crippen molar-refractivity contribution in [1.29, 1.82) is 0 Å². The van der Waals surface area contributed by atoms with E-state index in [1.165, 1.54) is 24.3 Å². The largest absolute Gasteiger partial charge is 0.393 e. The van der Waals surface area contributed by atoms with E-state index in [9.17, 15) is 5.11 Å². The molecule has 0 bridgehead atoms. The molecule has 2 aliphatic rings. The first-order valence-electron chi connectivity index (χ1n) is 5.23. The molecule has 0 aromatic heterocycles. The zero-order valence-corrected chi connectivity index (χ0v) is 8.85. The van der Waals surface area contributed by atoms with Gasteiger partial charge >= 0.3 is 0 Å². The van der Waals surface area contributed by atoms with Gasteiger partial charge in [-0.25, -0.2) is 0 Å². The van der Waals surface area contributed by atoms with Gasteiger partial charge in [0.2, 0.25) is 0 Å². The van der Waals surface area contributed by atoms with Gasteiger partial charge in [0, 0.05) is 0 Å². The minimum absolute atomic E-state index is 0.0597. The van der Waals surface area contributed by atoms with Crippen molar-refractivity contribution in [3.63, 3.8) is 0 Å². The van der Waals surface area contributed by atoms with E-state index in [0.29, 0.717) is 5.41 Å². The number of thioether (sulfide) groups is 1. The summed E-state index contributed by atoms with van der Waals surface area (Å²) in [6, 6.07) is 0. The van der Waals surface area contributed by atoms with Crippen molar-refractivity contribution in [2.75, 3.05) is 18.1 Å². The van der Waals surface area contributed by atoms with Crippen LogP contribution in [0.2, 0.25) is 0 Å². The molecule has 3 heteroatoms. The molecule has 2 fully saturated rings. The maximum Gasteiger partial charge on any atom is 0.0552 e. The standard InChI is InChI=1S/C10H19NOS/c11-7-10(4-9(12)5-10)8-2-1-3-13-6-8/h8-9,12H,1-7,11H2. The van der Waals surface area contributed by atoms with Crippen LogP contribution in [0.3, 0.4) is 0 Å². The Bertz CT molecular complexity index is 174. The van der Waals surface area contributed by atoms with Gasteiger partial charge < -0.3 is 10.8 Å². The summed E-state index contributed by atoms with van der Waals surface area (Å²) in [4.78, 5) is 0. The van der Waals surface area contributed by atoms with E-state index in [4.69, 9.17) is 5.73 Å². The van der Waals surface area contributed by atoms with E-state index < -0.39 is 0 Å². The molecular weight excluding hydrogens is 182 g/mol. The molecule has 2 nitrogen and oxygen atoms in total. The molecule has 1 unspecified atom stereocenters. The van der Waals surface area contributed by atoms with Crippen molar-refractivity contribution in [3.05, 3.63) is 0 Å². The fourth-order valence-corrected chi connectivity index (χ4v) is 4.11. The highest BCUT2D eigenvalue weighted by Gasteiger charge is 2.47. The molecular formula is C10H19NOS. The highest BCUT2D eigenvalue weighted by Crippen LogP contribution is 2.50. The number of aliphatic hydroxyl groups excluding tert-OH is 1. The van der Waals surface area contributed by atoms with Crippen LogP contribution in [0.5, 0.6) is 0 Å². The van der Waals surface area contributed by atoms with Crippen LogP contribution in [-0.2, 0) is 0 Å². The maximum absolute atomic E-state index is 9.38. The van der Waals surface area contributed by atoms with E-state index in [0.717, 1.165) is 25.3 Å². The first kappa shape index (κ1) is 9.81. The molecule has 0 aromatic rings. The van der Waals surface area contributed by atoms with Crippen LogP contribution < -0.4 is 5.73 Å². The normalized spacial score (nSPS) is 45.7. The van der Waals surface area contributed by atoms with E-state index in [2.05, 4.69) is 11.8 Å². The predicted octanol–water partition coefficient (Wildman–Crippen LogP) is 1.23. The van der Waals surface area contributed by atoms with Crippen LogP contribution in [0.4, 0.5) is 0 Å². The number of nitrogens with two attached hydrogens (primary N) is 1. The van der Waals surface area contributed by atoms with Crippen LogP contribution >= 0.6 is 11.8 Å². The molecule has 1 saturated carbocycles. The van der Waals surface area contributed by atoms with Crippen LogP contribution in [-0.4, -0.2) is 29.3 Å². The van der Waals surface area contributed by atoms with Crippen molar-refractivity contribution < 1.29 is 5.11 Å². The van der Waals surface area contributed by atoms with Crippen molar-refractivity contribution in [2.45, 2.75) is 31.8 Å². The van der Waals surface area contributed by atoms with Gasteiger partial charge in [-0.3, -0.25) is 0 Å². The monoisotopic (exact) mass is 201 g/mol. The van der Waals surface area contributed by atoms with Crippen LogP contribution in [0, 0.1) is 11.3 Å². The summed E-state index contributed by atoms with van der Waals surface area (Å²) in [5, 5.41) is 9.38. The lowest BCUT2D eigenvalue weighted by molar-refractivity contribution is -0.0609. The van der Waals surface area contributed by atoms with Gasteiger partial charge in [-0.15, -0.1) is 0 Å². The highest BCUT2D eigenvalue weighted by atomic mass is 32.2. The van der Waals surface area contributed by atoms with Crippen LogP contribution in [0.1, 0.15) is 25.7 Å². The number of aliphatic hydroxyl groups is 1. The number of hydrogen-bond donors (Lipinski definition) is 2. The minimum atomic E-state index is -0.0597. The summed E-state index contributed by atoms with van der Waals surface area (Å²) in [6.45, 7) is 0.773. The Morgan fingerprint density at radius 3 is 2.69 bits per heavy atom. The Labute approximate surface area is 84.3 Å². The van der Waals surface area contributed by atoms with Crippen LogP contribution in [0.25, 0.3) is 0 Å². The second-order valence-corrected chi connectivity index (χ2v) is 5.69. The van der Waals surface area contributed by atoms with E-state index in [-0.39, 0.29) is 6.10 Å². The van der Waals surface area contributed by atoms with Gasteiger partial charge in [0.25, 0.3) is 0 Å². The first-order chi connectivity index (χ1) is 6.27. The van der Waals surface area contributed by atoms with E-state index in [1.807, 2.05) is 0 Å². The average molecular weight is 201 g/mol. The Morgan fingerprint density at radius 2 is 2.23 bits per heavy atom. The lowest BCUT2D eigenvalue weighted by atomic mass is 9.59. The van der Waals surface area contributed by atoms with Gasteiger partial charge in [-0.1, -0.05) is 0 Å². The van der Waals surface area contributed by atoms with Gasteiger partial charge in [-0.2, -0.15) is 11.8 Å². The fourth-order valence-electron chi connectivity index (χ4n) is 2.77. The molecule has 1 atom stereocenters. The summed E-state index contributed by atoms with van der Waals surface area (Å²) >= 11 is 2.06. The smallest absolute Gasteiger partial charge is 0.0552 e. The second kappa shape index (κ2) is 3.79. The van der Waals surface area contributed by atoms with E-state index in [1.54, 1.807) is 0 Å². The molecule has 13 heavy (non-hydrogen) atoms. The zero-order valence-electron chi connectivity index (χ0n) is 8.04. The zero-order chi connectivity index (χ0) is 9.31. The van der Waals surface area contributed by atoms with Crippen molar-refractivity contribution in [3.8, 4) is 0 Å². The van der Waals surface area contributed by atoms with E-state index >= 15 is 0 Å². The summed E-state index contributed by atoms with van der Waals surface area (Å²) in [5.74, 6) is 3.36. The molecule has 0 amide bonds. The van der Waals surface area contributed by atoms with Crippen molar-refractivity contribution in [1.82, 2.24) is 0 Å². The Kier molecular flexibility index (Phi) is 2.86. The Balaban J connectivity index is 1.95. The summed E-state index contributed by atoms with van der Waals surface area (Å²) in [5.41, 5.74) is 6.15. The third-order valence-electron chi connectivity index (χ3n) is 3.72. The fraction of sp³-hybridized carbons (Fsp3) is 1.00. The van der Waals surface area contributed by atoms with Gasteiger partial charge in [0.1, 0.15) is 0 Å². The van der Waals surface area contributed by atoms with Gasteiger partial charge in [0.05, 0.1) is 6.10 Å². The average Bonchev–Trinajstić information content (AvgIpc) is 2.14. The number of hydrogen-bond acceptors (Lipinski definition) is 3. The highest BCUT2D eigenvalue weighted by molar-refractivity contribution is 7.99. The molecule has 3 N–H and O–H groups in total. The molecule has 0 aromatic carbocycles. The van der Waals surface area contributed by atoms with Crippen molar-refractivity contribution >= 4 is 11.8 Å². The summed E-state index contributed by atoms with van der Waals surface area (Å²) in [7, 11) is 0. The molecule has 1 saturated heterocycles. The van der Waals surface area contributed by atoms with Crippen LogP contribution in [0.15, 0.2) is 0 Å². The third kappa shape index (κ3) is 1.74. The maximum atomic E-state index is 9.38. The molecule has 1 aliphatic heterocycles. The lowest BCUT2D eigenvalue weighted by Crippen LogP contribution is -2.52. The molecule has 0 spiro atoms. The number of rotatable bonds is 2. The predicted molar refractivity (Wildman–Crippen MR) is 56.8 cm³/mol. The minimum Gasteiger partial charge on any atom is -0.393 e. The topological polar surface area (TPSA) is 46.2 Å². The van der Waals surface area contributed by atoms with Crippen molar-refractivity contribution in [2.24, 2.45) is 17.1 Å². The Hall–Kier alpha value is 0.270. The quantitative estimate of drug-likeness (QED) is 0.706. The lowest BCUT2D eigenvalue weighted by Gasteiger charge is -2.51. The van der Waals surface area contributed by atoms with Gasteiger partial charge in [0.15, 0.2) is 0 Å². The van der Waals surface area contributed by atoms with Gasteiger partial charge in [-0.05, 0) is 55.1 Å². The molecule has 2 rings (SSSR count). The third-order valence-corrected chi connectivity index (χ3v) is 4.93. The first-order valence-corrected chi connectivity index (χ1v) is 6.38. The molecule has 76 valence electrons. The molecule has 1 aliphatic carbocycles. The SMILES string of the molecule is NCC1(C2CCCSC2)CC(O)C1. The summed E-state index contributed by atoms with van der Waals surface area (Å²) < 4.78 is 0. The summed E-state index contributed by atoms with van der Waals surface area (Å²) in [6.07, 6.45) is 4.52. The second-order valence-electron chi connectivity index (χ2n) is 4.54.